The van der Waals surface area contributed by atoms with Crippen molar-refractivity contribution in [1.29, 1.82) is 0 Å². The molecule has 7 heteroatoms. The molecule has 1 aromatic carbocycles. The number of sulfonamides is 1. The van der Waals surface area contributed by atoms with Crippen LogP contribution in [0, 0.1) is 11.8 Å². The highest BCUT2D eigenvalue weighted by Crippen LogP contribution is 2.29. The summed E-state index contributed by atoms with van der Waals surface area (Å²) in [6, 6.07) is 12.1. The third-order valence-electron chi connectivity index (χ3n) is 6.63. The van der Waals surface area contributed by atoms with Gasteiger partial charge in [0.05, 0.1) is 4.90 Å². The van der Waals surface area contributed by atoms with Crippen LogP contribution in [0.15, 0.2) is 53.6 Å². The molecule has 0 radical (unpaired) electrons. The SMILES string of the molecule is C[C@@H]1C[C@@H](C)CN(S(=O)(=O)c2ccc(C(=O)N(c3ccccn3)C3CCCCC3)cc2)C1. The highest BCUT2D eigenvalue weighted by atomic mass is 32.2. The summed E-state index contributed by atoms with van der Waals surface area (Å²) in [5.41, 5.74) is 0.487. The quantitative estimate of drug-likeness (QED) is 0.654. The van der Waals surface area contributed by atoms with E-state index in [4.69, 9.17) is 0 Å². The van der Waals surface area contributed by atoms with Crippen molar-refractivity contribution in [2.24, 2.45) is 11.8 Å². The minimum Gasteiger partial charge on any atom is -0.290 e. The number of piperidine rings is 1. The van der Waals surface area contributed by atoms with Gasteiger partial charge in [-0.15, -0.1) is 0 Å². The van der Waals surface area contributed by atoms with Crippen LogP contribution in [0.1, 0.15) is 62.7 Å². The first-order valence-corrected chi connectivity index (χ1v) is 13.1. The number of aromatic nitrogens is 1. The fourth-order valence-corrected chi connectivity index (χ4v) is 6.83. The second-order valence-corrected chi connectivity index (χ2v) is 11.4. The summed E-state index contributed by atoms with van der Waals surface area (Å²) in [5.74, 6) is 1.21. The lowest BCUT2D eigenvalue weighted by atomic mass is 9.93. The topological polar surface area (TPSA) is 70.6 Å². The van der Waals surface area contributed by atoms with Crippen LogP contribution < -0.4 is 4.90 Å². The van der Waals surface area contributed by atoms with Gasteiger partial charge in [-0.25, -0.2) is 13.4 Å². The van der Waals surface area contributed by atoms with E-state index in [-0.39, 0.29) is 16.8 Å². The molecule has 4 rings (SSSR count). The maximum atomic E-state index is 13.5. The number of carbonyl (C=O) groups is 1. The third kappa shape index (κ3) is 4.89. The molecule has 1 aliphatic carbocycles. The first kappa shape index (κ1) is 22.9. The molecular formula is C25H33N3O3S. The van der Waals surface area contributed by atoms with Crippen molar-refractivity contribution in [3.05, 3.63) is 54.2 Å². The fraction of sp³-hybridized carbons (Fsp3) is 0.520. The molecule has 0 bridgehead atoms. The highest BCUT2D eigenvalue weighted by molar-refractivity contribution is 7.89. The van der Waals surface area contributed by atoms with Crippen molar-refractivity contribution in [2.75, 3.05) is 18.0 Å². The lowest BCUT2D eigenvalue weighted by molar-refractivity contribution is 0.0969. The summed E-state index contributed by atoms with van der Waals surface area (Å²) in [7, 11) is -3.57. The van der Waals surface area contributed by atoms with Crippen molar-refractivity contribution in [1.82, 2.24) is 9.29 Å². The maximum Gasteiger partial charge on any atom is 0.259 e. The Kier molecular flexibility index (Phi) is 6.96. The smallest absolute Gasteiger partial charge is 0.259 e. The molecule has 2 aliphatic rings. The van der Waals surface area contributed by atoms with Gasteiger partial charge < -0.3 is 0 Å². The summed E-state index contributed by atoms with van der Waals surface area (Å²) in [4.78, 5) is 20.0. The van der Waals surface area contributed by atoms with Crippen LogP contribution in [-0.2, 0) is 10.0 Å². The predicted octanol–water partition coefficient (Wildman–Crippen LogP) is 4.73. The predicted molar refractivity (Wildman–Crippen MR) is 126 cm³/mol. The molecule has 32 heavy (non-hydrogen) atoms. The zero-order chi connectivity index (χ0) is 22.7. The van der Waals surface area contributed by atoms with Gasteiger partial charge in [-0.1, -0.05) is 39.2 Å². The average molecular weight is 456 g/mol. The van der Waals surface area contributed by atoms with Crippen molar-refractivity contribution in [3.63, 3.8) is 0 Å². The number of rotatable bonds is 5. The van der Waals surface area contributed by atoms with Gasteiger partial charge in [0.2, 0.25) is 10.0 Å². The Labute approximate surface area is 191 Å². The van der Waals surface area contributed by atoms with Crippen molar-refractivity contribution in [3.8, 4) is 0 Å². The van der Waals surface area contributed by atoms with Crippen molar-refractivity contribution in [2.45, 2.75) is 63.3 Å². The van der Waals surface area contributed by atoms with E-state index >= 15 is 0 Å². The van der Waals surface area contributed by atoms with Gasteiger partial charge in [0, 0.05) is 30.9 Å². The zero-order valence-corrected chi connectivity index (χ0v) is 19.8. The van der Waals surface area contributed by atoms with E-state index in [0.29, 0.717) is 36.3 Å². The molecule has 2 fully saturated rings. The lowest BCUT2D eigenvalue weighted by Gasteiger charge is -2.34. The first-order chi connectivity index (χ1) is 15.4. The Morgan fingerprint density at radius 1 is 0.969 bits per heavy atom. The van der Waals surface area contributed by atoms with E-state index < -0.39 is 10.0 Å². The molecule has 0 unspecified atom stereocenters. The molecular weight excluding hydrogens is 422 g/mol. The van der Waals surface area contributed by atoms with E-state index in [1.54, 1.807) is 39.7 Å². The Bertz CT molecular complexity index is 1010. The molecule has 2 aromatic rings. The number of carbonyl (C=O) groups excluding carboxylic acids is 1. The number of hydrogen-bond acceptors (Lipinski definition) is 4. The number of pyridine rings is 1. The van der Waals surface area contributed by atoms with Crippen LogP contribution in [0.25, 0.3) is 0 Å². The summed E-state index contributed by atoms with van der Waals surface area (Å²) in [6.45, 7) is 5.28. The van der Waals surface area contributed by atoms with Crippen LogP contribution in [0.3, 0.4) is 0 Å². The van der Waals surface area contributed by atoms with Gasteiger partial charge in [0.15, 0.2) is 0 Å². The monoisotopic (exact) mass is 455 g/mol. The molecule has 2 atom stereocenters. The second kappa shape index (κ2) is 9.71. The van der Waals surface area contributed by atoms with E-state index in [2.05, 4.69) is 18.8 Å². The second-order valence-electron chi connectivity index (χ2n) is 9.45. The summed E-state index contributed by atoms with van der Waals surface area (Å²) < 4.78 is 28.0. The van der Waals surface area contributed by atoms with Gasteiger partial charge in [-0.05, 0) is 67.5 Å². The van der Waals surface area contributed by atoms with Crippen LogP contribution in [0.5, 0.6) is 0 Å². The number of nitrogens with zero attached hydrogens (tertiary/aromatic N) is 3. The van der Waals surface area contributed by atoms with E-state index in [0.717, 1.165) is 32.1 Å². The summed E-state index contributed by atoms with van der Waals surface area (Å²) >= 11 is 0. The Morgan fingerprint density at radius 3 is 2.22 bits per heavy atom. The standard InChI is InChI=1S/C25H33N3O3S/c1-19-16-20(2)18-27(17-19)32(30,31)23-13-11-21(12-14-23)25(29)28(22-8-4-3-5-9-22)24-10-6-7-15-26-24/h6-7,10-15,19-20,22H,3-5,8-9,16-18H2,1-2H3/t19-,20-/m1/s1. The Morgan fingerprint density at radius 2 is 1.62 bits per heavy atom. The van der Waals surface area contributed by atoms with E-state index in [1.165, 1.54) is 6.42 Å². The zero-order valence-electron chi connectivity index (χ0n) is 19.0. The molecule has 1 saturated carbocycles. The average Bonchev–Trinajstić information content (AvgIpc) is 2.80. The number of hydrogen-bond donors (Lipinski definition) is 0. The van der Waals surface area contributed by atoms with Gasteiger partial charge in [0.25, 0.3) is 5.91 Å². The molecule has 2 heterocycles. The number of anilines is 1. The minimum absolute atomic E-state index is 0.117. The van der Waals surface area contributed by atoms with Crippen LogP contribution >= 0.6 is 0 Å². The normalized spacial score (nSPS) is 23.1. The first-order valence-electron chi connectivity index (χ1n) is 11.7. The molecule has 0 N–H and O–H groups in total. The number of amides is 1. The van der Waals surface area contributed by atoms with Gasteiger partial charge in [-0.3, -0.25) is 9.69 Å². The molecule has 1 saturated heterocycles. The molecule has 1 amide bonds. The Balaban J connectivity index is 1.58. The lowest BCUT2D eigenvalue weighted by Crippen LogP contribution is -2.43. The van der Waals surface area contributed by atoms with Crippen molar-refractivity contribution >= 4 is 21.7 Å². The summed E-state index contributed by atoms with van der Waals surface area (Å²) in [5, 5.41) is 0. The third-order valence-corrected chi connectivity index (χ3v) is 8.48. The molecule has 1 aliphatic heterocycles. The molecule has 172 valence electrons. The molecule has 6 nitrogen and oxygen atoms in total. The van der Waals surface area contributed by atoms with Crippen LogP contribution in [0.4, 0.5) is 5.82 Å². The van der Waals surface area contributed by atoms with E-state index in [1.807, 2.05) is 18.2 Å². The van der Waals surface area contributed by atoms with Crippen molar-refractivity contribution < 1.29 is 13.2 Å². The van der Waals surface area contributed by atoms with Crippen LogP contribution in [-0.4, -0.2) is 42.7 Å². The van der Waals surface area contributed by atoms with E-state index in [9.17, 15) is 13.2 Å². The number of benzene rings is 1. The van der Waals surface area contributed by atoms with Gasteiger partial charge in [0.1, 0.15) is 5.82 Å². The van der Waals surface area contributed by atoms with Gasteiger partial charge in [-0.2, -0.15) is 4.31 Å². The Hall–Kier alpha value is -2.25. The fourth-order valence-electron chi connectivity index (χ4n) is 5.15. The maximum absolute atomic E-state index is 13.5. The highest BCUT2D eigenvalue weighted by Gasteiger charge is 2.32. The summed E-state index contributed by atoms with van der Waals surface area (Å²) in [6.07, 6.45) is 8.07. The minimum atomic E-state index is -3.57. The largest absolute Gasteiger partial charge is 0.290 e. The van der Waals surface area contributed by atoms with Crippen LogP contribution in [0.2, 0.25) is 0 Å². The van der Waals surface area contributed by atoms with Gasteiger partial charge >= 0.3 is 0 Å². The molecule has 0 spiro atoms. The molecule has 1 aromatic heterocycles.